The zero-order valence-corrected chi connectivity index (χ0v) is 8.00. The van der Waals surface area contributed by atoms with Gasteiger partial charge in [0.2, 0.25) is 0 Å². The second kappa shape index (κ2) is 3.21. The van der Waals surface area contributed by atoms with Crippen LogP contribution >= 0.6 is 0 Å². The van der Waals surface area contributed by atoms with E-state index in [1.807, 2.05) is 19.6 Å². The van der Waals surface area contributed by atoms with Gasteiger partial charge in [0.05, 0.1) is 0 Å². The van der Waals surface area contributed by atoms with Gasteiger partial charge in [-0.1, -0.05) is 27.9 Å². The predicted octanol–water partition coefficient (Wildman–Crippen LogP) is -1.12. The van der Waals surface area contributed by atoms with Crippen molar-refractivity contribution in [1.82, 2.24) is 0 Å². The maximum absolute atomic E-state index is 7.08. The van der Waals surface area contributed by atoms with Crippen LogP contribution in [0, 0.1) is 0 Å². The average molecular weight is 111 g/mol. The van der Waals surface area contributed by atoms with Crippen LogP contribution in [0.4, 0.5) is 0 Å². The number of nitrogens with one attached hydrogen (secondary N) is 1. The Bertz CT molecular complexity index is 26.3. The van der Waals surface area contributed by atoms with Crippen LogP contribution in [0.15, 0.2) is 0 Å². The van der Waals surface area contributed by atoms with E-state index in [0.29, 0.717) is 0 Å². The minimum atomic E-state index is -1.36. The van der Waals surface area contributed by atoms with Crippen molar-refractivity contribution in [2.75, 3.05) is 0 Å². The Morgan fingerprint density at radius 2 is 1.17 bits per heavy atom. The molecule has 0 heterocycles. The normalized spacial score (nSPS) is 10.0. The quantitative estimate of drug-likeness (QED) is 0.354. The van der Waals surface area contributed by atoms with Crippen molar-refractivity contribution in [1.29, 1.82) is 0 Å². The van der Waals surface area contributed by atoms with Crippen molar-refractivity contribution in [3.8, 4) is 0 Å². The van der Waals surface area contributed by atoms with Gasteiger partial charge in [-0.15, -0.1) is 0 Å². The summed E-state index contributed by atoms with van der Waals surface area (Å²) in [5.41, 5.74) is 0. The van der Waals surface area contributed by atoms with Gasteiger partial charge >= 0.3 is 29.6 Å². The molecule has 0 spiro atoms. The van der Waals surface area contributed by atoms with Gasteiger partial charge in [0, 0.05) is 0 Å². The van der Waals surface area contributed by atoms with Crippen molar-refractivity contribution in [3.63, 3.8) is 0 Å². The van der Waals surface area contributed by atoms with Gasteiger partial charge in [0.15, 0.2) is 0 Å². The van der Waals surface area contributed by atoms with Crippen LogP contribution in [0.5, 0.6) is 0 Å². The molecule has 0 fully saturated rings. The van der Waals surface area contributed by atoms with E-state index in [2.05, 4.69) is 0 Å². The van der Waals surface area contributed by atoms with Crippen molar-refractivity contribution in [2.24, 2.45) is 0 Å². The molecule has 0 aliphatic rings. The summed E-state index contributed by atoms with van der Waals surface area (Å²) in [5.74, 6) is 0. The molecule has 6 heavy (non-hydrogen) atoms. The molecular formula is C3H10NNaSi. The summed E-state index contributed by atoms with van der Waals surface area (Å²) >= 11 is 0. The first kappa shape index (κ1) is 10.2. The smallest absolute Gasteiger partial charge is 0.680 e. The number of hydrogen-bond acceptors (Lipinski definition) is 0. The maximum atomic E-state index is 7.08. The van der Waals surface area contributed by atoms with Gasteiger partial charge in [-0.2, -0.15) is 0 Å². The first-order valence-electron chi connectivity index (χ1n) is 1.75. The monoisotopic (exact) mass is 111 g/mol. The fraction of sp³-hybridized carbons (Fsp3) is 1.00. The van der Waals surface area contributed by atoms with Crippen molar-refractivity contribution < 1.29 is 29.6 Å². The first-order valence-corrected chi connectivity index (χ1v) is 5.25. The molecule has 0 amide bonds. The molecule has 0 saturated heterocycles. The molecule has 0 bridgehead atoms. The predicted molar refractivity (Wildman–Crippen MR) is 27.7 cm³/mol. The largest absolute Gasteiger partial charge is 1.00 e. The summed E-state index contributed by atoms with van der Waals surface area (Å²) in [6, 6.07) is 0. The van der Waals surface area contributed by atoms with Crippen molar-refractivity contribution in [3.05, 3.63) is 5.40 Å². The molecule has 0 saturated carbocycles. The topological polar surface area (TPSA) is 23.8 Å². The maximum Gasteiger partial charge on any atom is 1.00 e. The van der Waals surface area contributed by atoms with Crippen LogP contribution in [0.3, 0.4) is 0 Å². The van der Waals surface area contributed by atoms with Crippen LogP contribution in [0.2, 0.25) is 19.6 Å². The van der Waals surface area contributed by atoms with Crippen LogP contribution in [0.1, 0.15) is 0 Å². The summed E-state index contributed by atoms with van der Waals surface area (Å²) in [6.45, 7) is 5.98. The summed E-state index contributed by atoms with van der Waals surface area (Å²) in [5, 5.41) is 7.08. The molecule has 0 aromatic rings. The SMILES string of the molecule is C[Si](C)(C)[NH-].[Na+]. The van der Waals surface area contributed by atoms with E-state index in [1.165, 1.54) is 0 Å². The molecule has 0 aliphatic carbocycles. The molecule has 0 radical (unpaired) electrons. The van der Waals surface area contributed by atoms with Gasteiger partial charge < -0.3 is 5.40 Å². The fourth-order valence-corrected chi connectivity index (χ4v) is 0. The molecule has 0 aromatic carbocycles. The molecule has 1 N–H and O–H groups in total. The third-order valence-corrected chi connectivity index (χ3v) is 0. The van der Waals surface area contributed by atoms with Gasteiger partial charge in [-0.3, -0.25) is 0 Å². The standard InChI is InChI=1S/C3H10NSi.Na/c1-5(2,3)4;/h4H,1-3H3;/q-1;+1. The number of hydrogen-bond donors (Lipinski definition) is 0. The minimum absolute atomic E-state index is 0. The van der Waals surface area contributed by atoms with Gasteiger partial charge in [0.25, 0.3) is 0 Å². The first-order chi connectivity index (χ1) is 2.00. The van der Waals surface area contributed by atoms with E-state index in [1.54, 1.807) is 0 Å². The zero-order chi connectivity index (χ0) is 4.50. The zero-order valence-electron chi connectivity index (χ0n) is 5.00. The van der Waals surface area contributed by atoms with Crippen LogP contribution in [-0.2, 0) is 0 Å². The van der Waals surface area contributed by atoms with E-state index >= 15 is 0 Å². The Morgan fingerprint density at radius 3 is 1.17 bits per heavy atom. The molecular weight excluding hydrogens is 101 g/mol. The Labute approximate surface area is 62.7 Å². The van der Waals surface area contributed by atoms with Crippen LogP contribution in [-0.4, -0.2) is 8.24 Å². The molecule has 32 valence electrons. The summed E-state index contributed by atoms with van der Waals surface area (Å²) in [4.78, 5) is 0. The molecule has 0 rings (SSSR count). The van der Waals surface area contributed by atoms with E-state index in [4.69, 9.17) is 5.40 Å². The summed E-state index contributed by atoms with van der Waals surface area (Å²) in [6.07, 6.45) is 0. The molecule has 0 aromatic heterocycles. The number of rotatable bonds is 0. The van der Waals surface area contributed by atoms with Crippen molar-refractivity contribution in [2.45, 2.75) is 19.6 Å². The minimum Gasteiger partial charge on any atom is -0.680 e. The molecule has 0 aliphatic heterocycles. The third kappa shape index (κ3) is 65.2. The Kier molecular flexibility index (Phi) is 5.47. The van der Waals surface area contributed by atoms with Gasteiger partial charge in [-0.25, -0.2) is 0 Å². The molecule has 0 unspecified atom stereocenters. The van der Waals surface area contributed by atoms with Crippen molar-refractivity contribution >= 4 is 8.24 Å². The second-order valence-corrected chi connectivity index (χ2v) is 6.75. The average Bonchev–Trinajstić information content (AvgIpc) is 0.722. The van der Waals surface area contributed by atoms with E-state index < -0.39 is 8.24 Å². The summed E-state index contributed by atoms with van der Waals surface area (Å²) < 4.78 is 0. The van der Waals surface area contributed by atoms with Crippen LogP contribution in [0.25, 0.3) is 5.40 Å². The Hall–Kier alpha value is 1.18. The molecule has 1 nitrogen and oxygen atoms in total. The Balaban J connectivity index is 0. The van der Waals surface area contributed by atoms with E-state index in [0.717, 1.165) is 0 Å². The second-order valence-electron chi connectivity index (χ2n) is 2.25. The van der Waals surface area contributed by atoms with Crippen LogP contribution < -0.4 is 29.6 Å². The summed E-state index contributed by atoms with van der Waals surface area (Å²) in [7, 11) is -1.36. The van der Waals surface area contributed by atoms with Gasteiger partial charge in [-0.05, 0) is 0 Å². The fourth-order valence-electron chi connectivity index (χ4n) is 0. The third-order valence-electron chi connectivity index (χ3n) is 0. The molecule has 0 atom stereocenters. The molecule has 3 heteroatoms. The van der Waals surface area contributed by atoms with E-state index in [-0.39, 0.29) is 29.6 Å². The van der Waals surface area contributed by atoms with E-state index in [9.17, 15) is 0 Å². The van der Waals surface area contributed by atoms with Gasteiger partial charge in [0.1, 0.15) is 0 Å². The Morgan fingerprint density at radius 1 is 1.17 bits per heavy atom.